The second kappa shape index (κ2) is 6.29. The molecule has 0 saturated heterocycles. The molecule has 1 heterocycles. The van der Waals surface area contributed by atoms with Gasteiger partial charge in [0.1, 0.15) is 11.2 Å². The summed E-state index contributed by atoms with van der Waals surface area (Å²) in [5.74, 6) is 0.862. The number of imidazole rings is 1. The van der Waals surface area contributed by atoms with Crippen LogP contribution in [0.15, 0.2) is 54.6 Å². The van der Waals surface area contributed by atoms with Gasteiger partial charge in [0.2, 0.25) is 0 Å². The van der Waals surface area contributed by atoms with Gasteiger partial charge in [-0.1, -0.05) is 42.5 Å². The molecule has 3 nitrogen and oxygen atoms in total. The lowest BCUT2D eigenvalue weighted by Crippen LogP contribution is -2.10. The Hall–Kier alpha value is -1.84. The molecule has 0 aliphatic rings. The first-order chi connectivity index (χ1) is 10.3. The number of benzene rings is 2. The Kier molecular flexibility index (Phi) is 4.23. The third kappa shape index (κ3) is 2.80. The molecule has 0 spiro atoms. The van der Waals surface area contributed by atoms with Gasteiger partial charge in [0.15, 0.2) is 0 Å². The molecule has 3 rings (SSSR count). The van der Waals surface area contributed by atoms with Crippen molar-refractivity contribution in [1.82, 2.24) is 9.55 Å². The summed E-state index contributed by atoms with van der Waals surface area (Å²) >= 11 is 6.66. The van der Waals surface area contributed by atoms with Gasteiger partial charge < -0.3 is 9.30 Å². The van der Waals surface area contributed by atoms with E-state index in [9.17, 15) is 0 Å². The van der Waals surface area contributed by atoms with Crippen molar-refractivity contribution in [2.24, 2.45) is 0 Å². The highest BCUT2D eigenvalue weighted by Gasteiger charge is 2.19. The zero-order valence-corrected chi connectivity index (χ0v) is 12.6. The van der Waals surface area contributed by atoms with Gasteiger partial charge in [-0.2, -0.15) is 0 Å². The molecular weight excluding hydrogens is 284 g/mol. The van der Waals surface area contributed by atoms with Crippen molar-refractivity contribution in [3.8, 4) is 0 Å². The normalized spacial score (nSPS) is 12.7. The van der Waals surface area contributed by atoms with Gasteiger partial charge >= 0.3 is 0 Å². The lowest BCUT2D eigenvalue weighted by atomic mass is 10.1. The summed E-state index contributed by atoms with van der Waals surface area (Å²) in [5.41, 5.74) is 3.10. The van der Waals surface area contributed by atoms with Crippen LogP contribution < -0.4 is 0 Å². The molecule has 0 amide bonds. The van der Waals surface area contributed by atoms with Crippen LogP contribution >= 0.6 is 11.6 Å². The number of fused-ring (bicyclic) bond motifs is 1. The number of para-hydroxylation sites is 2. The number of alkyl halides is 1. The number of rotatable bonds is 5. The average Bonchev–Trinajstić information content (AvgIpc) is 2.91. The van der Waals surface area contributed by atoms with E-state index in [1.165, 1.54) is 0 Å². The maximum absolute atomic E-state index is 6.66. The predicted molar refractivity (Wildman–Crippen MR) is 85.7 cm³/mol. The Morgan fingerprint density at radius 3 is 2.57 bits per heavy atom. The van der Waals surface area contributed by atoms with E-state index in [2.05, 4.69) is 10.6 Å². The van der Waals surface area contributed by atoms with Crippen molar-refractivity contribution in [2.45, 2.75) is 11.9 Å². The Bertz CT molecular complexity index is 724. The molecule has 1 unspecified atom stereocenters. The number of halogens is 1. The van der Waals surface area contributed by atoms with Crippen LogP contribution in [0.2, 0.25) is 0 Å². The molecule has 0 N–H and O–H groups in total. The quantitative estimate of drug-likeness (QED) is 0.666. The Labute approximate surface area is 129 Å². The summed E-state index contributed by atoms with van der Waals surface area (Å²) < 4.78 is 7.36. The lowest BCUT2D eigenvalue weighted by Gasteiger charge is -2.13. The molecule has 1 atom stereocenters. The van der Waals surface area contributed by atoms with Gasteiger partial charge in [0.25, 0.3) is 0 Å². The first-order valence-electron chi connectivity index (χ1n) is 6.94. The fraction of sp³-hybridized carbons (Fsp3) is 0.235. The van der Waals surface area contributed by atoms with Crippen LogP contribution in [0.25, 0.3) is 11.0 Å². The standard InChI is InChI=1S/C17H17ClN2O/c1-21-12-11-20-15-10-6-5-9-14(15)19-17(20)16(18)13-7-3-2-4-8-13/h2-10,16H,11-12H2,1H3. The zero-order chi connectivity index (χ0) is 14.7. The number of nitrogens with zero attached hydrogens (tertiary/aromatic N) is 2. The summed E-state index contributed by atoms with van der Waals surface area (Å²) in [6, 6.07) is 18.1. The van der Waals surface area contributed by atoms with Crippen molar-refractivity contribution in [3.05, 3.63) is 66.0 Å². The maximum atomic E-state index is 6.66. The van der Waals surface area contributed by atoms with Gasteiger partial charge in [-0.15, -0.1) is 11.6 Å². The molecule has 0 aliphatic carbocycles. The lowest BCUT2D eigenvalue weighted by molar-refractivity contribution is 0.187. The molecule has 0 radical (unpaired) electrons. The second-order valence-electron chi connectivity index (χ2n) is 4.88. The molecule has 0 fully saturated rings. The van der Waals surface area contributed by atoms with Crippen LogP contribution in [0, 0.1) is 0 Å². The molecular formula is C17H17ClN2O. The molecule has 108 valence electrons. The number of methoxy groups -OCH3 is 1. The molecule has 0 bridgehead atoms. The van der Waals surface area contributed by atoms with E-state index in [0.29, 0.717) is 6.61 Å². The summed E-state index contributed by atoms with van der Waals surface area (Å²) in [5, 5.41) is -0.268. The van der Waals surface area contributed by atoms with E-state index in [-0.39, 0.29) is 5.38 Å². The molecule has 4 heteroatoms. The van der Waals surface area contributed by atoms with Gasteiger partial charge in [0, 0.05) is 13.7 Å². The van der Waals surface area contributed by atoms with Crippen LogP contribution in [-0.2, 0) is 11.3 Å². The fourth-order valence-corrected chi connectivity index (χ4v) is 2.79. The number of aromatic nitrogens is 2. The highest BCUT2D eigenvalue weighted by Crippen LogP contribution is 2.30. The molecule has 0 saturated carbocycles. The summed E-state index contributed by atoms with van der Waals surface area (Å²) in [6.07, 6.45) is 0. The van der Waals surface area contributed by atoms with Gasteiger partial charge in [-0.25, -0.2) is 4.98 Å². The topological polar surface area (TPSA) is 27.1 Å². The van der Waals surface area contributed by atoms with Gasteiger partial charge in [-0.3, -0.25) is 0 Å². The number of hydrogen-bond donors (Lipinski definition) is 0. The Morgan fingerprint density at radius 2 is 1.81 bits per heavy atom. The van der Waals surface area contributed by atoms with Crippen molar-refractivity contribution in [1.29, 1.82) is 0 Å². The van der Waals surface area contributed by atoms with Crippen molar-refractivity contribution < 1.29 is 4.74 Å². The first-order valence-corrected chi connectivity index (χ1v) is 7.38. The van der Waals surface area contributed by atoms with Crippen molar-refractivity contribution in [3.63, 3.8) is 0 Å². The zero-order valence-electron chi connectivity index (χ0n) is 11.9. The highest BCUT2D eigenvalue weighted by molar-refractivity contribution is 6.22. The van der Waals surface area contributed by atoms with E-state index in [1.807, 2.05) is 48.5 Å². The molecule has 2 aromatic carbocycles. The smallest absolute Gasteiger partial charge is 0.132 e. The minimum atomic E-state index is -0.268. The predicted octanol–water partition coefficient (Wildman–Crippen LogP) is 4.01. The minimum Gasteiger partial charge on any atom is -0.383 e. The largest absolute Gasteiger partial charge is 0.383 e. The highest BCUT2D eigenvalue weighted by atomic mass is 35.5. The van der Waals surface area contributed by atoms with E-state index in [0.717, 1.165) is 29.0 Å². The van der Waals surface area contributed by atoms with E-state index >= 15 is 0 Å². The summed E-state index contributed by atoms with van der Waals surface area (Å²) in [7, 11) is 1.70. The van der Waals surface area contributed by atoms with E-state index < -0.39 is 0 Å². The van der Waals surface area contributed by atoms with E-state index in [1.54, 1.807) is 7.11 Å². The van der Waals surface area contributed by atoms with Crippen LogP contribution in [0.4, 0.5) is 0 Å². The molecule has 0 aliphatic heterocycles. The third-order valence-corrected chi connectivity index (χ3v) is 3.97. The first kappa shape index (κ1) is 14.1. The maximum Gasteiger partial charge on any atom is 0.132 e. The van der Waals surface area contributed by atoms with Crippen LogP contribution in [0.5, 0.6) is 0 Å². The van der Waals surface area contributed by atoms with Gasteiger partial charge in [-0.05, 0) is 17.7 Å². The average molecular weight is 301 g/mol. The number of hydrogen-bond acceptors (Lipinski definition) is 2. The summed E-state index contributed by atoms with van der Waals surface area (Å²) in [6.45, 7) is 1.37. The van der Waals surface area contributed by atoms with Crippen molar-refractivity contribution >= 4 is 22.6 Å². The van der Waals surface area contributed by atoms with Crippen LogP contribution in [0.1, 0.15) is 16.8 Å². The Balaban J connectivity index is 2.08. The fourth-order valence-electron chi connectivity index (χ4n) is 2.48. The van der Waals surface area contributed by atoms with E-state index in [4.69, 9.17) is 21.3 Å². The second-order valence-corrected chi connectivity index (χ2v) is 5.31. The molecule has 3 aromatic rings. The third-order valence-electron chi connectivity index (χ3n) is 3.52. The summed E-state index contributed by atoms with van der Waals surface area (Å²) in [4.78, 5) is 4.72. The SMILES string of the molecule is COCCn1c(C(Cl)c2ccccc2)nc2ccccc21. The molecule has 1 aromatic heterocycles. The molecule has 21 heavy (non-hydrogen) atoms. The van der Waals surface area contributed by atoms with Crippen LogP contribution in [0.3, 0.4) is 0 Å². The monoisotopic (exact) mass is 300 g/mol. The number of ether oxygens (including phenoxy) is 1. The Morgan fingerprint density at radius 1 is 1.10 bits per heavy atom. The van der Waals surface area contributed by atoms with Crippen molar-refractivity contribution in [2.75, 3.05) is 13.7 Å². The van der Waals surface area contributed by atoms with Gasteiger partial charge in [0.05, 0.1) is 17.6 Å². The minimum absolute atomic E-state index is 0.268. The van der Waals surface area contributed by atoms with Crippen LogP contribution in [-0.4, -0.2) is 23.3 Å².